The lowest BCUT2D eigenvalue weighted by molar-refractivity contribution is 0.851. The zero-order chi connectivity index (χ0) is 8.85. The molecule has 0 aromatic heterocycles. The normalized spacial score (nSPS) is 22.1. The van der Waals surface area contributed by atoms with Crippen molar-refractivity contribution in [1.82, 2.24) is 5.32 Å². The van der Waals surface area contributed by atoms with Crippen molar-refractivity contribution < 1.29 is 0 Å². The second-order valence-corrected chi connectivity index (χ2v) is 2.48. The van der Waals surface area contributed by atoms with Gasteiger partial charge in [-0.05, 0) is 13.8 Å². The maximum atomic E-state index is 5.82. The average molecular weight is 175 g/mol. The molecule has 1 rings (SSSR count). The molecule has 0 aromatic carbocycles. The second kappa shape index (κ2) is 5.19. The molecule has 0 spiro atoms. The largest absolute Gasteiger partial charge is 0.349 e. The maximum Gasteiger partial charge on any atom is 0.0873 e. The monoisotopic (exact) mass is 174 g/mol. The summed E-state index contributed by atoms with van der Waals surface area (Å²) in [5.74, 6) is 0. The van der Waals surface area contributed by atoms with E-state index in [1.807, 2.05) is 27.7 Å². The number of hydrogen-bond acceptors (Lipinski definition) is 2. The fourth-order valence-corrected chi connectivity index (χ4v) is 0.805. The Labute approximate surface area is 73.4 Å². The first-order valence-corrected chi connectivity index (χ1v) is 4.24. The summed E-state index contributed by atoms with van der Waals surface area (Å²) < 4.78 is 0. The van der Waals surface area contributed by atoms with Crippen molar-refractivity contribution in [1.29, 1.82) is 0 Å². The minimum absolute atomic E-state index is 0.132. The van der Waals surface area contributed by atoms with Crippen LogP contribution in [-0.4, -0.2) is 12.4 Å². The van der Waals surface area contributed by atoms with Crippen LogP contribution in [0.25, 0.3) is 0 Å². The van der Waals surface area contributed by atoms with Crippen molar-refractivity contribution in [3.8, 4) is 0 Å². The smallest absolute Gasteiger partial charge is 0.0873 e. The Hall–Kier alpha value is -0.500. The predicted octanol–water partition coefficient (Wildman–Crippen LogP) is 2.50. The molecule has 1 N–H and O–H groups in total. The van der Waals surface area contributed by atoms with Gasteiger partial charge in [0.1, 0.15) is 0 Å². The van der Waals surface area contributed by atoms with Gasteiger partial charge >= 0.3 is 0 Å². The number of allylic oxidation sites excluding steroid dienone is 1. The third-order valence-electron chi connectivity index (χ3n) is 1.30. The van der Waals surface area contributed by atoms with Crippen molar-refractivity contribution in [2.75, 3.05) is 0 Å². The molecule has 0 amide bonds. The minimum Gasteiger partial charge on any atom is -0.349 e. The van der Waals surface area contributed by atoms with Gasteiger partial charge in [-0.1, -0.05) is 25.4 Å². The molecule has 11 heavy (non-hydrogen) atoms. The molecule has 0 aliphatic carbocycles. The number of aliphatic imine (C=N–C) groups is 1. The molecule has 0 bridgehead atoms. The van der Waals surface area contributed by atoms with E-state index < -0.39 is 0 Å². The van der Waals surface area contributed by atoms with Crippen molar-refractivity contribution in [3.63, 3.8) is 0 Å². The van der Waals surface area contributed by atoms with Crippen LogP contribution < -0.4 is 5.32 Å². The van der Waals surface area contributed by atoms with Gasteiger partial charge in [0.2, 0.25) is 0 Å². The van der Waals surface area contributed by atoms with Gasteiger partial charge in [0.05, 0.1) is 17.4 Å². The maximum absolute atomic E-state index is 5.82. The van der Waals surface area contributed by atoms with Crippen LogP contribution >= 0.6 is 11.6 Å². The predicted molar refractivity (Wildman–Crippen MR) is 51.0 cm³/mol. The van der Waals surface area contributed by atoms with Gasteiger partial charge in [-0.15, -0.1) is 0 Å². The Bertz CT molecular complexity index is 173. The molecule has 1 aliphatic rings. The van der Waals surface area contributed by atoms with Gasteiger partial charge in [-0.3, -0.25) is 4.99 Å². The summed E-state index contributed by atoms with van der Waals surface area (Å²) in [6, 6.07) is 0.132. The van der Waals surface area contributed by atoms with Crippen LogP contribution in [0, 0.1) is 0 Å². The Kier molecular flexibility index (Phi) is 4.95. The van der Waals surface area contributed by atoms with Crippen LogP contribution in [-0.2, 0) is 0 Å². The molecule has 3 heteroatoms. The topological polar surface area (TPSA) is 24.4 Å². The van der Waals surface area contributed by atoms with E-state index in [-0.39, 0.29) is 6.04 Å². The molecular formula is C8H15ClN2. The number of halogens is 1. The van der Waals surface area contributed by atoms with Gasteiger partial charge in [0.25, 0.3) is 0 Å². The molecule has 0 aromatic rings. The van der Waals surface area contributed by atoms with Crippen LogP contribution in [0.2, 0.25) is 0 Å². The van der Waals surface area contributed by atoms with E-state index in [9.17, 15) is 0 Å². The second-order valence-electron chi connectivity index (χ2n) is 2.07. The van der Waals surface area contributed by atoms with Gasteiger partial charge < -0.3 is 5.32 Å². The molecular weight excluding hydrogens is 160 g/mol. The Morgan fingerprint density at radius 3 is 2.45 bits per heavy atom. The van der Waals surface area contributed by atoms with Gasteiger partial charge in [0, 0.05) is 5.70 Å². The Balaban J connectivity index is 0.000000461. The molecule has 0 fully saturated rings. The van der Waals surface area contributed by atoms with Crippen molar-refractivity contribution in [3.05, 3.63) is 10.7 Å². The van der Waals surface area contributed by atoms with Gasteiger partial charge in [-0.2, -0.15) is 0 Å². The zero-order valence-electron chi connectivity index (χ0n) is 7.48. The van der Waals surface area contributed by atoms with Crippen molar-refractivity contribution in [2.45, 2.75) is 33.7 Å². The first-order valence-electron chi connectivity index (χ1n) is 3.86. The average Bonchev–Trinajstić information content (AvgIpc) is 2.04. The third kappa shape index (κ3) is 2.93. The van der Waals surface area contributed by atoms with Crippen LogP contribution in [0.4, 0.5) is 0 Å². The standard InChI is InChI=1S/C6H9ClN2.C2H6/c1-4-6(7)5(2)9-3-8-4;1-2/h3-4H,1-2H3,(H,8,9);1-2H3. The summed E-state index contributed by atoms with van der Waals surface area (Å²) in [6.45, 7) is 7.90. The molecule has 64 valence electrons. The van der Waals surface area contributed by atoms with E-state index in [0.29, 0.717) is 0 Å². The van der Waals surface area contributed by atoms with Crippen molar-refractivity contribution in [2.24, 2.45) is 4.99 Å². The number of rotatable bonds is 0. The summed E-state index contributed by atoms with van der Waals surface area (Å²) in [5.41, 5.74) is 0.999. The van der Waals surface area contributed by atoms with Crippen LogP contribution in [0.5, 0.6) is 0 Å². The van der Waals surface area contributed by atoms with E-state index in [1.165, 1.54) is 0 Å². The SMILES string of the molecule is CC.CC1=C(Cl)C(C)N=CN1. The van der Waals surface area contributed by atoms with E-state index in [0.717, 1.165) is 10.7 Å². The summed E-state index contributed by atoms with van der Waals surface area (Å²) in [7, 11) is 0. The lowest BCUT2D eigenvalue weighted by atomic mass is 10.2. The highest BCUT2D eigenvalue weighted by atomic mass is 35.5. The van der Waals surface area contributed by atoms with Crippen LogP contribution in [0.1, 0.15) is 27.7 Å². The number of hydrogen-bond donors (Lipinski definition) is 1. The fourth-order valence-electron chi connectivity index (χ4n) is 0.694. The van der Waals surface area contributed by atoms with Gasteiger partial charge in [-0.25, -0.2) is 0 Å². The quantitative estimate of drug-likeness (QED) is 0.600. The van der Waals surface area contributed by atoms with E-state index in [1.54, 1.807) is 6.34 Å². The molecule has 0 saturated carbocycles. The molecule has 1 unspecified atom stereocenters. The minimum atomic E-state index is 0.132. The number of nitrogens with one attached hydrogen (secondary N) is 1. The molecule has 1 heterocycles. The third-order valence-corrected chi connectivity index (χ3v) is 1.90. The summed E-state index contributed by atoms with van der Waals surface area (Å²) in [5, 5.41) is 3.72. The highest BCUT2D eigenvalue weighted by molar-refractivity contribution is 6.30. The molecule has 2 nitrogen and oxygen atoms in total. The Morgan fingerprint density at radius 2 is 2.09 bits per heavy atom. The van der Waals surface area contributed by atoms with E-state index in [4.69, 9.17) is 11.6 Å². The molecule has 0 saturated heterocycles. The van der Waals surface area contributed by atoms with Crippen LogP contribution in [0.15, 0.2) is 15.7 Å². The summed E-state index contributed by atoms with van der Waals surface area (Å²) in [6.07, 6.45) is 1.67. The summed E-state index contributed by atoms with van der Waals surface area (Å²) >= 11 is 5.82. The van der Waals surface area contributed by atoms with Gasteiger partial charge in [0.15, 0.2) is 0 Å². The highest BCUT2D eigenvalue weighted by Gasteiger charge is 2.09. The van der Waals surface area contributed by atoms with Crippen LogP contribution in [0.3, 0.4) is 0 Å². The Morgan fingerprint density at radius 1 is 1.55 bits per heavy atom. The van der Waals surface area contributed by atoms with E-state index >= 15 is 0 Å². The van der Waals surface area contributed by atoms with Crippen molar-refractivity contribution >= 4 is 17.9 Å². The highest BCUT2D eigenvalue weighted by Crippen LogP contribution is 2.16. The molecule has 0 radical (unpaired) electrons. The molecule has 1 aliphatic heterocycles. The lowest BCUT2D eigenvalue weighted by Crippen LogP contribution is -2.19. The summed E-state index contributed by atoms with van der Waals surface area (Å²) in [4.78, 5) is 4.04. The lowest BCUT2D eigenvalue weighted by Gasteiger charge is -2.13. The van der Waals surface area contributed by atoms with E-state index in [2.05, 4.69) is 10.3 Å². The molecule has 1 atom stereocenters. The first kappa shape index (κ1) is 10.5. The fraction of sp³-hybridized carbons (Fsp3) is 0.625. The zero-order valence-corrected chi connectivity index (χ0v) is 8.24. The number of nitrogens with zero attached hydrogens (tertiary/aromatic N) is 1. The first-order chi connectivity index (χ1) is 5.22.